The van der Waals surface area contributed by atoms with Gasteiger partial charge in [-0.3, -0.25) is 14.8 Å². The lowest BCUT2D eigenvalue weighted by atomic mass is 9.54. The monoisotopic (exact) mass is 474 g/mol. The number of hydrogen-bond donors (Lipinski definition) is 4. The van der Waals surface area contributed by atoms with Crippen LogP contribution in [-0.2, 0) is 21.2 Å². The lowest BCUT2D eigenvalue weighted by molar-refractivity contribution is -0.130. The molecule has 0 aliphatic carbocycles. The van der Waals surface area contributed by atoms with Crippen LogP contribution >= 0.6 is 0 Å². The number of aromatic nitrogens is 1. The first-order valence-electron chi connectivity index (χ1n) is 9.20. The summed E-state index contributed by atoms with van der Waals surface area (Å²) in [6.45, 7) is -0.315. The molecule has 0 spiro atoms. The minimum Gasteiger partial charge on any atom is -0.471 e. The molecule has 2 rings (SSSR count). The lowest BCUT2D eigenvalue weighted by Crippen LogP contribution is -2.59. The number of hydrogen-bond acceptors (Lipinski definition) is 8. The Balaban J connectivity index is 2.25. The molecule has 4 N–H and O–H groups in total. The molecule has 2 unspecified atom stereocenters. The quantitative estimate of drug-likeness (QED) is 0.143. The molecule has 0 fully saturated rings. The Bertz CT molecular complexity index is 1180. The van der Waals surface area contributed by atoms with Gasteiger partial charge in [0.15, 0.2) is 23.4 Å². The molecule has 0 saturated carbocycles. The van der Waals surface area contributed by atoms with E-state index in [2.05, 4.69) is 0 Å². The number of amides is 1. The number of halogens is 1. The molecule has 1 aromatic heterocycles. The van der Waals surface area contributed by atoms with Crippen molar-refractivity contribution in [2.45, 2.75) is 29.3 Å². The van der Waals surface area contributed by atoms with E-state index in [1.807, 2.05) is 0 Å². The zero-order valence-corrected chi connectivity index (χ0v) is 18.1. The number of rotatable bonds is 9. The summed E-state index contributed by atoms with van der Waals surface area (Å²) < 4.78 is 43.9. The second-order valence-corrected chi connectivity index (χ2v) is 9.53. The van der Waals surface area contributed by atoms with Gasteiger partial charge in [-0.25, -0.2) is 18.3 Å². The number of aryl methyl sites for hydroxylation is 1. The summed E-state index contributed by atoms with van der Waals surface area (Å²) in [5.41, 5.74) is -2.14. The van der Waals surface area contributed by atoms with Crippen LogP contribution in [-0.4, -0.2) is 80.4 Å². The molecule has 15 heteroatoms. The van der Waals surface area contributed by atoms with E-state index in [9.17, 15) is 32.6 Å². The highest BCUT2D eigenvalue weighted by molar-refractivity contribution is 7.92. The Hall–Kier alpha value is -2.61. The van der Waals surface area contributed by atoms with Gasteiger partial charge in [0.2, 0.25) is 0 Å². The van der Waals surface area contributed by atoms with Crippen molar-refractivity contribution in [3.8, 4) is 16.9 Å². The molecular formula is C18H18B3FN2O8S. The summed E-state index contributed by atoms with van der Waals surface area (Å²) in [5.74, 6) is -2.09. The van der Waals surface area contributed by atoms with Crippen LogP contribution in [0.5, 0.6) is 5.75 Å². The summed E-state index contributed by atoms with van der Waals surface area (Å²) in [4.78, 5) is 24.0. The van der Waals surface area contributed by atoms with Crippen molar-refractivity contribution in [1.29, 1.82) is 0 Å². The van der Waals surface area contributed by atoms with Crippen LogP contribution in [0.15, 0.2) is 41.3 Å². The molecule has 33 heavy (non-hydrogen) atoms. The second-order valence-electron chi connectivity index (χ2n) is 7.30. The standard InChI is InChI=1S/C18H18B3FN2O8S/c1-33(30,31)14(16(26)23-29)6-7-24-9-13(22)12(8-15(24)25)10-2-4-11(5-3-10)32-18(21,28)17(19,20)27/h2-5,8-9,14,27-29H,6-7H2,1H3,(H,23,26). The van der Waals surface area contributed by atoms with Gasteiger partial charge in [0.1, 0.15) is 32.5 Å². The first-order chi connectivity index (χ1) is 15.1. The average Bonchev–Trinajstić information content (AvgIpc) is 2.68. The maximum atomic E-state index is 14.7. The van der Waals surface area contributed by atoms with Crippen molar-refractivity contribution >= 4 is 39.3 Å². The number of nitrogens with one attached hydrogen (secondary N) is 1. The zero-order valence-electron chi connectivity index (χ0n) is 17.3. The largest absolute Gasteiger partial charge is 0.471 e. The summed E-state index contributed by atoms with van der Waals surface area (Å²) in [6.07, 6.45) is 1.26. The number of nitrogens with zero attached hydrogens (tertiary/aromatic N) is 1. The van der Waals surface area contributed by atoms with Crippen LogP contribution < -0.4 is 15.8 Å². The minimum atomic E-state index is -3.90. The Morgan fingerprint density at radius 2 is 1.82 bits per heavy atom. The van der Waals surface area contributed by atoms with Crippen molar-refractivity contribution in [2.75, 3.05) is 6.26 Å². The summed E-state index contributed by atoms with van der Waals surface area (Å²) in [5, 5.41) is 23.5. The molecule has 0 saturated heterocycles. The van der Waals surface area contributed by atoms with E-state index in [-0.39, 0.29) is 29.8 Å². The molecular weight excluding hydrogens is 456 g/mol. The average molecular weight is 474 g/mol. The number of carbonyl (C=O) groups is 1. The van der Waals surface area contributed by atoms with Crippen LogP contribution in [0.3, 0.4) is 0 Å². The highest BCUT2D eigenvalue weighted by Gasteiger charge is 2.37. The number of pyridine rings is 1. The Labute approximate surface area is 192 Å². The Morgan fingerprint density at radius 1 is 1.24 bits per heavy atom. The summed E-state index contributed by atoms with van der Waals surface area (Å²) in [7, 11) is 11.6. The van der Waals surface area contributed by atoms with Crippen LogP contribution in [0, 0.1) is 5.82 Å². The molecule has 170 valence electrons. The molecule has 0 bridgehead atoms. The topological polar surface area (TPSA) is 155 Å². The fourth-order valence-electron chi connectivity index (χ4n) is 2.77. The number of hydroxylamine groups is 1. The van der Waals surface area contributed by atoms with Crippen LogP contribution in [0.4, 0.5) is 4.39 Å². The number of ether oxygens (including phenoxy) is 1. The molecule has 6 radical (unpaired) electrons. The summed E-state index contributed by atoms with van der Waals surface area (Å²) in [6, 6.07) is 6.10. The smallest absolute Gasteiger partial charge is 0.261 e. The number of sulfone groups is 1. The molecule has 1 aromatic carbocycles. The fourth-order valence-corrected chi connectivity index (χ4v) is 3.75. The van der Waals surface area contributed by atoms with Crippen molar-refractivity contribution in [2.24, 2.45) is 0 Å². The molecule has 10 nitrogen and oxygen atoms in total. The van der Waals surface area contributed by atoms with Crippen molar-refractivity contribution in [3.63, 3.8) is 0 Å². The third-order valence-electron chi connectivity index (χ3n) is 4.64. The number of benzene rings is 1. The van der Waals surface area contributed by atoms with Gasteiger partial charge in [-0.2, -0.15) is 0 Å². The predicted molar refractivity (Wildman–Crippen MR) is 117 cm³/mol. The Kier molecular flexibility index (Phi) is 7.84. The van der Waals surface area contributed by atoms with Crippen LogP contribution in [0.25, 0.3) is 11.1 Å². The second kappa shape index (κ2) is 9.71. The molecule has 1 heterocycles. The fraction of sp³-hybridized carbons (Fsp3) is 0.333. The van der Waals surface area contributed by atoms with Gasteiger partial charge in [-0.1, -0.05) is 12.1 Å². The normalized spacial score (nSPS) is 14.8. The van der Waals surface area contributed by atoms with E-state index in [0.29, 0.717) is 0 Å². The van der Waals surface area contributed by atoms with Gasteiger partial charge in [0.25, 0.3) is 11.5 Å². The van der Waals surface area contributed by atoms with Crippen molar-refractivity contribution in [1.82, 2.24) is 10.0 Å². The van der Waals surface area contributed by atoms with E-state index in [0.717, 1.165) is 23.1 Å². The number of carbonyl (C=O) groups excluding carboxylic acids is 1. The van der Waals surface area contributed by atoms with Gasteiger partial charge >= 0.3 is 0 Å². The van der Waals surface area contributed by atoms with Gasteiger partial charge in [-0.15, -0.1) is 0 Å². The van der Waals surface area contributed by atoms with Crippen molar-refractivity contribution < 1.29 is 37.8 Å². The van der Waals surface area contributed by atoms with Crippen molar-refractivity contribution in [3.05, 3.63) is 52.7 Å². The molecule has 2 aromatic rings. The van der Waals surface area contributed by atoms with E-state index in [1.54, 1.807) is 0 Å². The maximum Gasteiger partial charge on any atom is 0.261 e. The number of aliphatic hydroxyl groups is 2. The van der Waals surface area contributed by atoms with E-state index < -0.39 is 43.5 Å². The van der Waals surface area contributed by atoms with Crippen LogP contribution in [0.2, 0.25) is 0 Å². The minimum absolute atomic E-state index is 0.0826. The van der Waals surface area contributed by atoms with Gasteiger partial charge in [-0.05, 0) is 24.1 Å². The van der Waals surface area contributed by atoms with E-state index >= 15 is 0 Å². The first kappa shape index (κ1) is 26.6. The molecule has 1 amide bonds. The highest BCUT2D eigenvalue weighted by atomic mass is 32.2. The maximum absolute atomic E-state index is 14.7. The predicted octanol–water partition coefficient (Wildman–Crippen LogP) is -1.86. The zero-order chi connectivity index (χ0) is 25.2. The SMILES string of the molecule is [B]C([B])(O)C([B])(O)Oc1ccc(-c2cc(=O)n(CCC(C(=O)NO)S(C)(=O)=O)cc2F)cc1. The van der Waals surface area contributed by atoms with Gasteiger partial charge < -0.3 is 19.5 Å². The Morgan fingerprint density at radius 3 is 2.30 bits per heavy atom. The molecule has 0 aliphatic rings. The molecule has 2 atom stereocenters. The van der Waals surface area contributed by atoms with E-state index in [4.69, 9.17) is 33.5 Å². The third kappa shape index (κ3) is 6.47. The van der Waals surface area contributed by atoms with Gasteiger partial charge in [0.05, 0.1) is 0 Å². The van der Waals surface area contributed by atoms with E-state index in [1.165, 1.54) is 29.7 Å². The summed E-state index contributed by atoms with van der Waals surface area (Å²) >= 11 is 0. The molecule has 0 aliphatic heterocycles. The lowest BCUT2D eigenvalue weighted by Gasteiger charge is -2.37. The first-order valence-corrected chi connectivity index (χ1v) is 11.2. The third-order valence-corrected chi connectivity index (χ3v) is 6.13. The highest BCUT2D eigenvalue weighted by Crippen LogP contribution is 2.26. The van der Waals surface area contributed by atoms with Crippen LogP contribution in [0.1, 0.15) is 6.42 Å². The van der Waals surface area contributed by atoms with Gasteiger partial charge in [0, 0.05) is 36.0 Å².